The highest BCUT2D eigenvalue weighted by molar-refractivity contribution is 6.30. The normalized spacial score (nSPS) is 15.9. The number of carbonyl (C=O) groups excluding carboxylic acids is 3. The average Bonchev–Trinajstić information content (AvgIpc) is 2.66. The molecule has 1 aromatic carbocycles. The number of ether oxygens (including phenoxy) is 1. The molecule has 1 saturated heterocycles. The van der Waals surface area contributed by atoms with E-state index >= 15 is 0 Å². The number of esters is 1. The summed E-state index contributed by atoms with van der Waals surface area (Å²) in [5.41, 5.74) is 0.582. The summed E-state index contributed by atoms with van der Waals surface area (Å²) in [7, 11) is 0. The molecular weight excluding hydrogens is 368 g/mol. The number of hydrogen-bond donors (Lipinski definition) is 1. The van der Waals surface area contributed by atoms with Crippen molar-refractivity contribution in [1.29, 1.82) is 0 Å². The van der Waals surface area contributed by atoms with Crippen LogP contribution in [0.25, 0.3) is 0 Å². The van der Waals surface area contributed by atoms with E-state index in [-0.39, 0.29) is 36.4 Å². The third-order valence-corrected chi connectivity index (χ3v) is 4.93. The number of likely N-dealkylation sites (tertiary alicyclic amines) is 1. The number of carbonyl (C=O) groups is 3. The van der Waals surface area contributed by atoms with Gasteiger partial charge >= 0.3 is 5.97 Å². The Morgan fingerprint density at radius 3 is 2.44 bits per heavy atom. The van der Waals surface area contributed by atoms with Crippen molar-refractivity contribution in [2.45, 2.75) is 45.6 Å². The molecule has 0 saturated carbocycles. The standard InChI is InChI=1S/C20H27ClN2O4/c1-3-4-14(2)22-18(24)13-27-20(26)16-9-11-23(12-10-16)19(25)15-5-7-17(21)8-6-15/h5-8,14,16H,3-4,9-13H2,1-2H3,(H,22,24)/t14-/m1/s1. The Hall–Kier alpha value is -2.08. The van der Waals surface area contributed by atoms with Crippen LogP contribution in [0.2, 0.25) is 5.02 Å². The molecule has 1 heterocycles. The van der Waals surface area contributed by atoms with E-state index in [4.69, 9.17) is 16.3 Å². The summed E-state index contributed by atoms with van der Waals surface area (Å²) in [6.07, 6.45) is 2.94. The van der Waals surface area contributed by atoms with Crippen LogP contribution < -0.4 is 5.32 Å². The number of halogens is 1. The van der Waals surface area contributed by atoms with Crippen LogP contribution in [-0.4, -0.2) is 48.4 Å². The molecule has 2 rings (SSSR count). The van der Waals surface area contributed by atoms with Crippen molar-refractivity contribution in [1.82, 2.24) is 10.2 Å². The molecule has 1 aliphatic heterocycles. The highest BCUT2D eigenvalue weighted by Gasteiger charge is 2.29. The van der Waals surface area contributed by atoms with E-state index in [1.165, 1.54) is 0 Å². The number of nitrogens with one attached hydrogen (secondary N) is 1. The fourth-order valence-electron chi connectivity index (χ4n) is 3.17. The van der Waals surface area contributed by atoms with Gasteiger partial charge in [-0.25, -0.2) is 0 Å². The molecule has 148 valence electrons. The summed E-state index contributed by atoms with van der Waals surface area (Å²) >= 11 is 5.85. The fraction of sp³-hybridized carbons (Fsp3) is 0.550. The van der Waals surface area contributed by atoms with Gasteiger partial charge in [-0.15, -0.1) is 0 Å². The Morgan fingerprint density at radius 2 is 1.85 bits per heavy atom. The summed E-state index contributed by atoms with van der Waals surface area (Å²) in [6.45, 7) is 4.70. The topological polar surface area (TPSA) is 75.7 Å². The van der Waals surface area contributed by atoms with Crippen molar-refractivity contribution < 1.29 is 19.1 Å². The molecule has 0 radical (unpaired) electrons. The Balaban J connectivity index is 1.74. The highest BCUT2D eigenvalue weighted by Crippen LogP contribution is 2.21. The van der Waals surface area contributed by atoms with Crippen LogP contribution in [0.4, 0.5) is 0 Å². The summed E-state index contributed by atoms with van der Waals surface area (Å²) in [4.78, 5) is 38.2. The molecule has 0 bridgehead atoms. The zero-order chi connectivity index (χ0) is 19.8. The third-order valence-electron chi connectivity index (χ3n) is 4.68. The van der Waals surface area contributed by atoms with Gasteiger partial charge in [0, 0.05) is 29.7 Å². The predicted molar refractivity (Wildman–Crippen MR) is 104 cm³/mol. The summed E-state index contributed by atoms with van der Waals surface area (Å²) in [6, 6.07) is 6.84. The molecule has 1 aromatic rings. The first-order chi connectivity index (χ1) is 12.9. The number of rotatable bonds is 7. The molecular formula is C20H27ClN2O4. The van der Waals surface area contributed by atoms with Gasteiger partial charge in [-0.05, 0) is 50.5 Å². The third kappa shape index (κ3) is 6.54. The van der Waals surface area contributed by atoms with Gasteiger partial charge in [0.25, 0.3) is 11.8 Å². The van der Waals surface area contributed by atoms with E-state index in [2.05, 4.69) is 5.32 Å². The lowest BCUT2D eigenvalue weighted by Gasteiger charge is -2.31. The zero-order valence-electron chi connectivity index (χ0n) is 15.9. The smallest absolute Gasteiger partial charge is 0.309 e. The van der Waals surface area contributed by atoms with Crippen LogP contribution in [0, 0.1) is 5.92 Å². The maximum atomic E-state index is 12.5. The van der Waals surface area contributed by atoms with E-state index < -0.39 is 0 Å². The summed E-state index contributed by atoms with van der Waals surface area (Å²) in [5.74, 6) is -0.991. The van der Waals surface area contributed by atoms with Gasteiger partial charge in [0.1, 0.15) is 0 Å². The Kier molecular flexibility index (Phi) is 8.10. The van der Waals surface area contributed by atoms with Crippen LogP contribution in [0.5, 0.6) is 0 Å². The molecule has 1 N–H and O–H groups in total. The SMILES string of the molecule is CCC[C@@H](C)NC(=O)COC(=O)C1CCN(C(=O)c2ccc(Cl)cc2)CC1. The quantitative estimate of drug-likeness (QED) is 0.721. The zero-order valence-corrected chi connectivity index (χ0v) is 16.6. The lowest BCUT2D eigenvalue weighted by molar-refractivity contribution is -0.154. The van der Waals surface area contributed by atoms with Crippen molar-refractivity contribution in [3.05, 3.63) is 34.9 Å². The number of hydrogen-bond acceptors (Lipinski definition) is 4. The monoisotopic (exact) mass is 394 g/mol. The van der Waals surface area contributed by atoms with Crippen LogP contribution in [-0.2, 0) is 14.3 Å². The van der Waals surface area contributed by atoms with E-state index in [1.54, 1.807) is 29.2 Å². The van der Waals surface area contributed by atoms with Crippen molar-refractivity contribution in [3.8, 4) is 0 Å². The first-order valence-electron chi connectivity index (χ1n) is 9.41. The minimum atomic E-state index is -0.369. The molecule has 0 aliphatic carbocycles. The highest BCUT2D eigenvalue weighted by atomic mass is 35.5. The van der Waals surface area contributed by atoms with Gasteiger partial charge in [0.05, 0.1) is 5.92 Å². The number of benzene rings is 1. The van der Waals surface area contributed by atoms with Gasteiger partial charge in [-0.3, -0.25) is 14.4 Å². The Morgan fingerprint density at radius 1 is 1.22 bits per heavy atom. The molecule has 2 amide bonds. The van der Waals surface area contributed by atoms with E-state index in [9.17, 15) is 14.4 Å². The van der Waals surface area contributed by atoms with Gasteiger partial charge in [-0.1, -0.05) is 24.9 Å². The minimum absolute atomic E-state index is 0.0669. The lowest BCUT2D eigenvalue weighted by Crippen LogP contribution is -2.41. The van der Waals surface area contributed by atoms with Gasteiger partial charge in [-0.2, -0.15) is 0 Å². The van der Waals surface area contributed by atoms with E-state index in [0.717, 1.165) is 12.8 Å². The first-order valence-corrected chi connectivity index (χ1v) is 9.79. The van der Waals surface area contributed by atoms with Crippen molar-refractivity contribution in [3.63, 3.8) is 0 Å². The molecule has 27 heavy (non-hydrogen) atoms. The van der Waals surface area contributed by atoms with Crippen LogP contribution >= 0.6 is 11.6 Å². The van der Waals surface area contributed by atoms with Gasteiger partial charge < -0.3 is 15.0 Å². The maximum absolute atomic E-state index is 12.5. The Labute approximate surface area is 165 Å². The first kappa shape index (κ1) is 21.2. The minimum Gasteiger partial charge on any atom is -0.455 e. The number of nitrogens with zero attached hydrogens (tertiary/aromatic N) is 1. The second-order valence-electron chi connectivity index (χ2n) is 6.94. The second-order valence-corrected chi connectivity index (χ2v) is 7.37. The van der Waals surface area contributed by atoms with Crippen molar-refractivity contribution in [2.24, 2.45) is 5.92 Å². The largest absolute Gasteiger partial charge is 0.455 e. The molecule has 0 unspecified atom stereocenters. The van der Waals surface area contributed by atoms with E-state index in [0.29, 0.717) is 36.5 Å². The van der Waals surface area contributed by atoms with Gasteiger partial charge in [0.2, 0.25) is 0 Å². The van der Waals surface area contributed by atoms with Crippen LogP contribution in [0.3, 0.4) is 0 Å². The predicted octanol–water partition coefficient (Wildman–Crippen LogP) is 3.04. The van der Waals surface area contributed by atoms with Crippen molar-refractivity contribution in [2.75, 3.05) is 19.7 Å². The molecule has 7 heteroatoms. The maximum Gasteiger partial charge on any atom is 0.309 e. The fourth-order valence-corrected chi connectivity index (χ4v) is 3.30. The summed E-state index contributed by atoms with van der Waals surface area (Å²) in [5, 5.41) is 3.39. The molecule has 1 aliphatic rings. The second kappa shape index (κ2) is 10.3. The number of piperidine rings is 1. The van der Waals surface area contributed by atoms with E-state index in [1.807, 2.05) is 13.8 Å². The molecule has 0 spiro atoms. The Bertz CT molecular complexity index is 654. The summed E-state index contributed by atoms with van der Waals surface area (Å²) < 4.78 is 5.15. The molecule has 1 atom stereocenters. The lowest BCUT2D eigenvalue weighted by atomic mass is 9.96. The van der Waals surface area contributed by atoms with Gasteiger partial charge in [0.15, 0.2) is 6.61 Å². The molecule has 6 nitrogen and oxygen atoms in total. The molecule has 1 fully saturated rings. The van der Waals surface area contributed by atoms with Crippen LogP contribution in [0.1, 0.15) is 49.9 Å². The van der Waals surface area contributed by atoms with Crippen LogP contribution in [0.15, 0.2) is 24.3 Å². The number of amides is 2. The average molecular weight is 395 g/mol. The molecule has 0 aromatic heterocycles. The van der Waals surface area contributed by atoms with Crippen molar-refractivity contribution >= 4 is 29.4 Å².